The van der Waals surface area contributed by atoms with Crippen LogP contribution in [0.25, 0.3) is 5.69 Å². The van der Waals surface area contributed by atoms with E-state index in [1.54, 1.807) is 0 Å². The van der Waals surface area contributed by atoms with E-state index in [0.29, 0.717) is 0 Å². The van der Waals surface area contributed by atoms with E-state index in [4.69, 9.17) is 0 Å². The molecule has 0 N–H and O–H groups in total. The van der Waals surface area contributed by atoms with Gasteiger partial charge in [0.1, 0.15) is 5.69 Å². The van der Waals surface area contributed by atoms with Gasteiger partial charge in [-0.1, -0.05) is 11.5 Å². The molecule has 0 spiro atoms. The smallest absolute Gasteiger partial charge is 0.265 e. The molecule has 0 saturated heterocycles. The van der Waals surface area contributed by atoms with Crippen LogP contribution in [0.1, 0.15) is 0 Å². The zero-order chi connectivity index (χ0) is 12.6. The average Bonchev–Trinajstić information content (AvgIpc) is 2.71. The lowest BCUT2D eigenvalue weighted by Gasteiger charge is -2.08. The topological polar surface area (TPSA) is 31.2 Å². The van der Waals surface area contributed by atoms with E-state index in [1.807, 2.05) is 0 Å². The highest BCUT2D eigenvalue weighted by atomic mass is 32.1. The summed E-state index contributed by atoms with van der Waals surface area (Å²) in [5, 5.41) is 1.39. The van der Waals surface area contributed by atoms with Gasteiger partial charge in [-0.3, -0.25) is 4.79 Å². The van der Waals surface area contributed by atoms with Crippen LogP contribution in [0, 0.1) is 17.5 Å². The molecule has 0 aliphatic rings. The number of hydrogen-bond donors (Lipinski definition) is 0. The second kappa shape index (κ2) is 4.25. The van der Waals surface area contributed by atoms with Gasteiger partial charge in [-0.2, -0.15) is 4.39 Å². The molecule has 90 valence electrons. The molecule has 0 aliphatic carbocycles. The van der Waals surface area contributed by atoms with Crippen molar-refractivity contribution in [3.63, 3.8) is 0 Å². The molecule has 0 fully saturated rings. The quantitative estimate of drug-likeness (QED) is 0.777. The van der Waals surface area contributed by atoms with Gasteiger partial charge in [0.25, 0.3) is 5.56 Å². The molecule has 0 atom stereocenters. The van der Waals surface area contributed by atoms with E-state index < -0.39 is 34.4 Å². The number of nitrogens with zero attached hydrogens (tertiary/aromatic N) is 1. The Kier molecular flexibility index (Phi) is 2.93. The van der Waals surface area contributed by atoms with Crippen LogP contribution in [0.5, 0.6) is 5.75 Å². The van der Waals surface area contributed by atoms with E-state index in [1.165, 1.54) is 11.4 Å². The van der Waals surface area contributed by atoms with Gasteiger partial charge in [-0.05, 0) is 0 Å². The summed E-state index contributed by atoms with van der Waals surface area (Å²) >= 11 is 0.838. The normalized spacial score (nSPS) is 10.6. The molecule has 3 nitrogen and oxygen atoms in total. The SMILES string of the molecule is COc1c(F)cc(-n2sccc2=O)c(F)c1F. The summed E-state index contributed by atoms with van der Waals surface area (Å²) in [6.07, 6.45) is 0. The fourth-order valence-electron chi connectivity index (χ4n) is 1.35. The van der Waals surface area contributed by atoms with Crippen LogP contribution >= 0.6 is 11.5 Å². The van der Waals surface area contributed by atoms with Gasteiger partial charge in [-0.25, -0.2) is 12.7 Å². The number of halogens is 3. The minimum Gasteiger partial charge on any atom is -0.491 e. The number of rotatable bonds is 2. The standard InChI is InChI=1S/C10H6F3NO2S/c1-16-10-5(11)4-6(8(12)9(10)13)14-7(15)2-3-17-14/h2-4H,1H3. The summed E-state index contributed by atoms with van der Waals surface area (Å²) in [5.41, 5.74) is -1.03. The van der Waals surface area contributed by atoms with E-state index in [2.05, 4.69) is 4.74 Å². The Hall–Kier alpha value is -1.76. The first-order chi connectivity index (χ1) is 8.06. The molecule has 0 aliphatic heterocycles. The maximum atomic E-state index is 13.6. The third-order valence-electron chi connectivity index (χ3n) is 2.10. The Morgan fingerprint density at radius 3 is 2.53 bits per heavy atom. The predicted molar refractivity (Wildman–Crippen MR) is 56.3 cm³/mol. The molecular formula is C10H6F3NO2S. The van der Waals surface area contributed by atoms with Crippen molar-refractivity contribution in [3.8, 4) is 11.4 Å². The summed E-state index contributed by atoms with van der Waals surface area (Å²) in [6.45, 7) is 0. The van der Waals surface area contributed by atoms with Crippen LogP contribution in [0.2, 0.25) is 0 Å². The molecule has 0 saturated carbocycles. The Morgan fingerprint density at radius 1 is 1.29 bits per heavy atom. The van der Waals surface area contributed by atoms with Gasteiger partial charge in [0.15, 0.2) is 17.4 Å². The second-order valence-electron chi connectivity index (χ2n) is 3.08. The van der Waals surface area contributed by atoms with Crippen LogP contribution in [0.3, 0.4) is 0 Å². The minimum absolute atomic E-state index is 0.471. The number of hydrogen-bond acceptors (Lipinski definition) is 3. The summed E-state index contributed by atoms with van der Waals surface area (Å²) in [6, 6.07) is 1.89. The molecule has 1 aromatic carbocycles. The van der Waals surface area contributed by atoms with Crippen molar-refractivity contribution in [3.05, 3.63) is 45.3 Å². The monoisotopic (exact) mass is 261 g/mol. The van der Waals surface area contributed by atoms with E-state index in [9.17, 15) is 18.0 Å². The van der Waals surface area contributed by atoms with Crippen molar-refractivity contribution >= 4 is 11.5 Å². The van der Waals surface area contributed by atoms with Crippen LogP contribution in [-0.4, -0.2) is 11.1 Å². The van der Waals surface area contributed by atoms with Crippen molar-refractivity contribution in [2.45, 2.75) is 0 Å². The van der Waals surface area contributed by atoms with Crippen LogP contribution in [-0.2, 0) is 0 Å². The second-order valence-corrected chi connectivity index (χ2v) is 3.93. The Labute approximate surface area is 97.8 Å². The summed E-state index contributed by atoms with van der Waals surface area (Å²) in [7, 11) is 1.03. The van der Waals surface area contributed by atoms with Crippen molar-refractivity contribution in [2.75, 3.05) is 7.11 Å². The van der Waals surface area contributed by atoms with Crippen LogP contribution in [0.4, 0.5) is 13.2 Å². The maximum absolute atomic E-state index is 13.6. The fraction of sp³-hybridized carbons (Fsp3) is 0.100. The van der Waals surface area contributed by atoms with Gasteiger partial charge in [0.2, 0.25) is 5.82 Å². The molecular weight excluding hydrogens is 255 g/mol. The molecule has 0 bridgehead atoms. The molecule has 2 aromatic rings. The first kappa shape index (κ1) is 11.7. The van der Waals surface area contributed by atoms with Crippen LogP contribution in [0.15, 0.2) is 22.3 Å². The lowest BCUT2D eigenvalue weighted by atomic mass is 10.2. The summed E-state index contributed by atoms with van der Waals surface area (Å²) < 4.78 is 45.6. The average molecular weight is 261 g/mol. The molecule has 7 heteroatoms. The zero-order valence-corrected chi connectivity index (χ0v) is 9.35. The van der Waals surface area contributed by atoms with Crippen molar-refractivity contribution < 1.29 is 17.9 Å². The Balaban J connectivity index is 2.73. The first-order valence-corrected chi connectivity index (χ1v) is 5.28. The lowest BCUT2D eigenvalue weighted by molar-refractivity contribution is 0.346. The first-order valence-electron chi connectivity index (χ1n) is 4.45. The molecule has 1 aromatic heterocycles. The fourth-order valence-corrected chi connectivity index (χ4v) is 2.06. The van der Waals surface area contributed by atoms with E-state index >= 15 is 0 Å². The summed E-state index contributed by atoms with van der Waals surface area (Å²) in [4.78, 5) is 11.3. The Morgan fingerprint density at radius 2 is 2.00 bits per heavy atom. The number of methoxy groups -OCH3 is 1. The molecule has 0 radical (unpaired) electrons. The molecule has 1 heterocycles. The highest BCUT2D eigenvalue weighted by molar-refractivity contribution is 7.04. The van der Waals surface area contributed by atoms with Crippen molar-refractivity contribution in [1.29, 1.82) is 0 Å². The minimum atomic E-state index is -1.46. The van der Waals surface area contributed by atoms with Crippen LogP contribution < -0.4 is 10.3 Å². The van der Waals surface area contributed by atoms with Gasteiger partial charge < -0.3 is 4.74 Å². The van der Waals surface area contributed by atoms with Gasteiger partial charge in [-0.15, -0.1) is 0 Å². The number of aromatic nitrogens is 1. The zero-order valence-electron chi connectivity index (χ0n) is 8.54. The van der Waals surface area contributed by atoms with Gasteiger partial charge in [0, 0.05) is 17.5 Å². The maximum Gasteiger partial charge on any atom is 0.265 e. The van der Waals surface area contributed by atoms with Crippen molar-refractivity contribution in [2.24, 2.45) is 0 Å². The third kappa shape index (κ3) is 1.82. The Bertz CT molecular complexity index is 620. The van der Waals surface area contributed by atoms with Crippen molar-refractivity contribution in [1.82, 2.24) is 3.96 Å². The van der Waals surface area contributed by atoms with Gasteiger partial charge >= 0.3 is 0 Å². The lowest BCUT2D eigenvalue weighted by Crippen LogP contribution is -2.13. The predicted octanol–water partition coefficient (Wildman–Crippen LogP) is 2.32. The highest BCUT2D eigenvalue weighted by Gasteiger charge is 2.21. The van der Waals surface area contributed by atoms with Gasteiger partial charge in [0.05, 0.1) is 7.11 Å². The number of ether oxygens (including phenoxy) is 1. The third-order valence-corrected chi connectivity index (χ3v) is 2.94. The molecule has 0 amide bonds. The van der Waals surface area contributed by atoms with E-state index in [-0.39, 0.29) is 0 Å². The van der Waals surface area contributed by atoms with E-state index in [0.717, 1.165) is 28.7 Å². The largest absolute Gasteiger partial charge is 0.491 e. The highest BCUT2D eigenvalue weighted by Crippen LogP contribution is 2.28. The summed E-state index contributed by atoms with van der Waals surface area (Å²) in [5.74, 6) is -4.66. The molecule has 17 heavy (non-hydrogen) atoms. The molecule has 0 unspecified atom stereocenters. The number of benzene rings is 1. The molecule has 2 rings (SSSR count).